The molecule has 2 heterocycles. The van der Waals surface area contributed by atoms with Gasteiger partial charge >= 0.3 is 0 Å². The lowest BCUT2D eigenvalue weighted by molar-refractivity contribution is -0.665. The predicted molar refractivity (Wildman–Crippen MR) is 104 cm³/mol. The Morgan fingerprint density at radius 2 is 1.84 bits per heavy atom. The summed E-state index contributed by atoms with van der Waals surface area (Å²) in [6.45, 7) is 8.54. The molecule has 25 heavy (non-hydrogen) atoms. The van der Waals surface area contributed by atoms with Crippen LogP contribution < -0.4 is 4.57 Å². The summed E-state index contributed by atoms with van der Waals surface area (Å²) in [5.74, 6) is 0.442. The normalized spacial score (nSPS) is 12.3. The summed E-state index contributed by atoms with van der Waals surface area (Å²) < 4.78 is 16.4. The van der Waals surface area contributed by atoms with Crippen LogP contribution in [0.2, 0.25) is 0 Å². The number of furan rings is 1. The van der Waals surface area contributed by atoms with Crippen LogP contribution in [0.25, 0.3) is 33.0 Å². The molecule has 0 aliphatic heterocycles. The summed E-state index contributed by atoms with van der Waals surface area (Å²) in [5.41, 5.74) is 6.63. The van der Waals surface area contributed by atoms with E-state index in [1.807, 2.05) is 20.0 Å². The number of benzene rings is 2. The van der Waals surface area contributed by atoms with Crippen molar-refractivity contribution in [2.75, 3.05) is 0 Å². The molecular formula is C23H24NO+. The second kappa shape index (κ2) is 5.73. The quantitative estimate of drug-likeness (QED) is 0.423. The molecule has 0 saturated heterocycles. The minimum absolute atomic E-state index is 0.442. The molecule has 4 aromatic rings. The summed E-state index contributed by atoms with van der Waals surface area (Å²) in [4.78, 5) is 0. The molecule has 2 aromatic heterocycles. The number of fused-ring (bicyclic) bond motifs is 2. The standard InChI is InChI=1S/C23H24NO/c1-14(2)17-6-7-20-19(12-17)11-16(4)24(5)23(20)21-13-22-18(8-9-25-22)10-15(21)3/h6-14H,1-5H3/q+1/i11D. The van der Waals surface area contributed by atoms with Crippen LogP contribution in [0.1, 0.15) is 38.0 Å². The fourth-order valence-corrected chi connectivity index (χ4v) is 3.56. The summed E-state index contributed by atoms with van der Waals surface area (Å²) in [5, 5.41) is 3.25. The van der Waals surface area contributed by atoms with Crippen molar-refractivity contribution in [1.82, 2.24) is 0 Å². The Balaban J connectivity index is 2.12. The Labute approximate surface area is 150 Å². The third kappa shape index (κ3) is 2.53. The Hall–Kier alpha value is -2.61. The Morgan fingerprint density at radius 3 is 2.60 bits per heavy atom. The second-order valence-electron chi connectivity index (χ2n) is 7.20. The van der Waals surface area contributed by atoms with E-state index < -0.39 is 0 Å². The van der Waals surface area contributed by atoms with Crippen molar-refractivity contribution in [1.29, 1.82) is 0 Å². The van der Waals surface area contributed by atoms with Crippen molar-refractivity contribution in [3.05, 3.63) is 65.5 Å². The summed E-state index contributed by atoms with van der Waals surface area (Å²) in [7, 11) is 2.05. The molecule has 0 aliphatic carbocycles. The topological polar surface area (TPSA) is 17.0 Å². The van der Waals surface area contributed by atoms with Gasteiger partial charge in [-0.1, -0.05) is 26.0 Å². The first-order valence-electron chi connectivity index (χ1n) is 9.29. The fraction of sp³-hybridized carbons (Fsp3) is 0.261. The number of hydrogen-bond donors (Lipinski definition) is 0. The molecule has 0 aliphatic rings. The van der Waals surface area contributed by atoms with Crippen LogP contribution >= 0.6 is 0 Å². The molecule has 0 saturated carbocycles. The highest BCUT2D eigenvalue weighted by Crippen LogP contribution is 2.33. The van der Waals surface area contributed by atoms with Crippen LogP contribution in [0.4, 0.5) is 0 Å². The minimum Gasteiger partial charge on any atom is -0.464 e. The van der Waals surface area contributed by atoms with E-state index in [0.29, 0.717) is 12.0 Å². The van der Waals surface area contributed by atoms with Gasteiger partial charge in [-0.25, -0.2) is 0 Å². The van der Waals surface area contributed by atoms with Crippen LogP contribution in [0.5, 0.6) is 0 Å². The second-order valence-corrected chi connectivity index (χ2v) is 7.20. The number of nitrogens with zero attached hydrogens (tertiary/aromatic N) is 1. The lowest BCUT2D eigenvalue weighted by atomic mass is 9.94. The molecule has 2 heteroatoms. The molecule has 0 bridgehead atoms. The molecule has 2 aromatic carbocycles. The first-order chi connectivity index (χ1) is 12.4. The van der Waals surface area contributed by atoms with Gasteiger partial charge in [-0.2, -0.15) is 4.57 Å². The monoisotopic (exact) mass is 331 g/mol. The fourth-order valence-electron chi connectivity index (χ4n) is 3.56. The van der Waals surface area contributed by atoms with Gasteiger partial charge in [0.15, 0.2) is 5.69 Å². The Bertz CT molecular complexity index is 1150. The van der Waals surface area contributed by atoms with Gasteiger partial charge in [0.25, 0.3) is 0 Å². The molecule has 0 N–H and O–H groups in total. The third-order valence-corrected chi connectivity index (χ3v) is 5.17. The Morgan fingerprint density at radius 1 is 1.04 bits per heavy atom. The maximum atomic E-state index is 8.65. The molecule has 2 nitrogen and oxygen atoms in total. The van der Waals surface area contributed by atoms with Crippen molar-refractivity contribution in [3.8, 4) is 11.3 Å². The number of hydrogen-bond acceptors (Lipinski definition) is 1. The van der Waals surface area contributed by atoms with Gasteiger partial charge in [-0.3, -0.25) is 0 Å². The van der Waals surface area contributed by atoms with E-state index in [1.165, 1.54) is 11.1 Å². The van der Waals surface area contributed by atoms with E-state index in [2.05, 4.69) is 55.7 Å². The molecule has 0 radical (unpaired) electrons. The van der Waals surface area contributed by atoms with Gasteiger partial charge in [-0.05, 0) is 53.6 Å². The van der Waals surface area contributed by atoms with Crippen molar-refractivity contribution in [3.63, 3.8) is 0 Å². The number of aromatic nitrogens is 1. The molecule has 0 spiro atoms. The maximum Gasteiger partial charge on any atom is 0.220 e. The van der Waals surface area contributed by atoms with E-state index in [4.69, 9.17) is 5.79 Å². The third-order valence-electron chi connectivity index (χ3n) is 5.17. The van der Waals surface area contributed by atoms with Crippen molar-refractivity contribution >= 4 is 21.7 Å². The van der Waals surface area contributed by atoms with Crippen LogP contribution in [0, 0.1) is 13.8 Å². The van der Waals surface area contributed by atoms with Crippen molar-refractivity contribution in [2.45, 2.75) is 33.6 Å². The van der Waals surface area contributed by atoms with Gasteiger partial charge in [0.1, 0.15) is 12.6 Å². The zero-order chi connectivity index (χ0) is 18.6. The molecule has 0 atom stereocenters. The first kappa shape index (κ1) is 14.7. The highest BCUT2D eigenvalue weighted by atomic mass is 16.3. The van der Waals surface area contributed by atoms with Crippen LogP contribution in [-0.2, 0) is 7.05 Å². The zero-order valence-corrected chi connectivity index (χ0v) is 15.5. The van der Waals surface area contributed by atoms with E-state index in [-0.39, 0.29) is 0 Å². The van der Waals surface area contributed by atoms with Gasteiger partial charge < -0.3 is 4.42 Å². The minimum atomic E-state index is 0.442. The predicted octanol–water partition coefficient (Wildman–Crippen LogP) is 5.82. The summed E-state index contributed by atoms with van der Waals surface area (Å²) in [6.07, 6.45) is 1.74. The largest absolute Gasteiger partial charge is 0.464 e. The molecule has 126 valence electrons. The van der Waals surface area contributed by atoms with Gasteiger partial charge in [0, 0.05) is 18.4 Å². The van der Waals surface area contributed by atoms with Crippen molar-refractivity contribution < 1.29 is 10.4 Å². The van der Waals surface area contributed by atoms with Crippen LogP contribution in [0.3, 0.4) is 0 Å². The summed E-state index contributed by atoms with van der Waals surface area (Å²) >= 11 is 0. The van der Waals surface area contributed by atoms with Gasteiger partial charge in [0.05, 0.1) is 18.6 Å². The molecule has 0 fully saturated rings. The Kier molecular flexibility index (Phi) is 3.37. The zero-order valence-electron chi connectivity index (χ0n) is 16.5. The van der Waals surface area contributed by atoms with Crippen molar-refractivity contribution in [2.24, 2.45) is 7.05 Å². The average molecular weight is 331 g/mol. The van der Waals surface area contributed by atoms with E-state index in [1.54, 1.807) is 6.26 Å². The van der Waals surface area contributed by atoms with Gasteiger partial charge in [-0.15, -0.1) is 0 Å². The SMILES string of the molecule is [2H]c1c(C)[n+](C)c(-c2cc3occc3cc2C)c2ccc(C(C)C)cc12. The van der Waals surface area contributed by atoms with E-state index in [0.717, 1.165) is 38.7 Å². The first-order valence-corrected chi connectivity index (χ1v) is 8.79. The van der Waals surface area contributed by atoms with E-state index in [9.17, 15) is 0 Å². The summed E-state index contributed by atoms with van der Waals surface area (Å²) in [6, 6.07) is 13.4. The lowest BCUT2D eigenvalue weighted by Gasteiger charge is -2.12. The lowest BCUT2D eigenvalue weighted by Crippen LogP contribution is -2.35. The molecule has 0 amide bonds. The molecule has 0 unspecified atom stereocenters. The molecular weight excluding hydrogens is 306 g/mol. The van der Waals surface area contributed by atoms with Crippen LogP contribution in [0.15, 0.2) is 53.1 Å². The van der Waals surface area contributed by atoms with E-state index >= 15 is 0 Å². The highest BCUT2D eigenvalue weighted by molar-refractivity contribution is 5.96. The number of aryl methyl sites for hydroxylation is 1. The smallest absolute Gasteiger partial charge is 0.220 e. The number of rotatable bonds is 2. The van der Waals surface area contributed by atoms with Crippen LogP contribution in [-0.4, -0.2) is 0 Å². The van der Waals surface area contributed by atoms with Gasteiger partial charge in [0.2, 0.25) is 5.69 Å². The molecule has 4 rings (SSSR count). The maximum absolute atomic E-state index is 8.65. The number of pyridine rings is 1. The average Bonchev–Trinajstić information content (AvgIpc) is 3.06. The highest BCUT2D eigenvalue weighted by Gasteiger charge is 2.21.